The van der Waals surface area contributed by atoms with Crippen LogP contribution in [-0.4, -0.2) is 45.7 Å². The summed E-state index contributed by atoms with van der Waals surface area (Å²) in [5.74, 6) is -0.590. The number of hydrogen-bond acceptors (Lipinski definition) is 4. The molecule has 0 aromatic rings. The topological polar surface area (TPSA) is 77.8 Å². The van der Waals surface area contributed by atoms with E-state index in [2.05, 4.69) is 0 Å². The molecule has 5 nitrogen and oxygen atoms in total. The molecule has 0 bridgehead atoms. The number of carbonyl (C=O) groups is 2. The molecule has 2 amide bonds. The third-order valence-corrected chi connectivity index (χ3v) is 3.00. The Bertz CT molecular complexity index is 236. The van der Waals surface area contributed by atoms with Gasteiger partial charge in [0.1, 0.15) is 0 Å². The fourth-order valence-corrected chi connectivity index (χ4v) is 1.86. The number of amides is 2. The van der Waals surface area contributed by atoms with E-state index in [-0.39, 0.29) is 11.8 Å². The summed E-state index contributed by atoms with van der Waals surface area (Å²) >= 11 is 0. The normalized spacial score (nSPS) is 18.5. The van der Waals surface area contributed by atoms with E-state index >= 15 is 0 Å². The minimum absolute atomic E-state index is 0.295. The standard InChI is InChI=1S/C10H17NO4/c1-2-10(6-12,7-13)11-8(14)4-3-5-9(11)15/h12-13H,2-7H2,1H3. The van der Waals surface area contributed by atoms with Crippen molar-refractivity contribution in [3.05, 3.63) is 0 Å². The van der Waals surface area contributed by atoms with E-state index in [0.29, 0.717) is 25.7 Å². The Morgan fingerprint density at radius 2 is 1.67 bits per heavy atom. The van der Waals surface area contributed by atoms with Crippen molar-refractivity contribution >= 4 is 11.8 Å². The summed E-state index contributed by atoms with van der Waals surface area (Å²) in [4.78, 5) is 24.3. The molecule has 0 atom stereocenters. The molecule has 0 unspecified atom stereocenters. The van der Waals surface area contributed by atoms with Crippen molar-refractivity contribution < 1.29 is 19.8 Å². The van der Waals surface area contributed by atoms with E-state index in [1.807, 2.05) is 0 Å². The van der Waals surface area contributed by atoms with Crippen molar-refractivity contribution in [1.29, 1.82) is 0 Å². The molecule has 1 aliphatic heterocycles. The van der Waals surface area contributed by atoms with Crippen LogP contribution in [0.25, 0.3) is 0 Å². The number of imide groups is 1. The van der Waals surface area contributed by atoms with Crippen LogP contribution in [0.5, 0.6) is 0 Å². The van der Waals surface area contributed by atoms with Gasteiger partial charge >= 0.3 is 0 Å². The third kappa shape index (κ3) is 2.03. The van der Waals surface area contributed by atoms with Gasteiger partial charge < -0.3 is 10.2 Å². The lowest BCUT2D eigenvalue weighted by molar-refractivity contribution is -0.160. The van der Waals surface area contributed by atoms with Crippen LogP contribution in [0.15, 0.2) is 0 Å². The number of aliphatic hydroxyl groups excluding tert-OH is 2. The summed E-state index contributed by atoms with van der Waals surface area (Å²) in [6.07, 6.45) is 1.54. The Morgan fingerprint density at radius 3 is 2.00 bits per heavy atom. The van der Waals surface area contributed by atoms with E-state index in [9.17, 15) is 19.8 Å². The van der Waals surface area contributed by atoms with E-state index in [4.69, 9.17) is 0 Å². The van der Waals surface area contributed by atoms with E-state index in [0.717, 1.165) is 4.90 Å². The molecule has 15 heavy (non-hydrogen) atoms. The third-order valence-electron chi connectivity index (χ3n) is 3.00. The van der Waals surface area contributed by atoms with Crippen LogP contribution in [0.4, 0.5) is 0 Å². The molecular weight excluding hydrogens is 198 g/mol. The number of aliphatic hydroxyl groups is 2. The van der Waals surface area contributed by atoms with Gasteiger partial charge in [-0.25, -0.2) is 0 Å². The van der Waals surface area contributed by atoms with Gasteiger partial charge in [-0.3, -0.25) is 14.5 Å². The molecule has 0 aromatic heterocycles. The highest BCUT2D eigenvalue weighted by molar-refractivity contribution is 5.98. The predicted molar refractivity (Wildman–Crippen MR) is 52.9 cm³/mol. The molecule has 1 saturated heterocycles. The van der Waals surface area contributed by atoms with Gasteiger partial charge in [0.2, 0.25) is 11.8 Å². The van der Waals surface area contributed by atoms with Crippen molar-refractivity contribution in [2.24, 2.45) is 0 Å². The molecule has 2 N–H and O–H groups in total. The van der Waals surface area contributed by atoms with Crippen LogP contribution in [0.1, 0.15) is 32.6 Å². The smallest absolute Gasteiger partial charge is 0.229 e. The zero-order valence-corrected chi connectivity index (χ0v) is 8.90. The van der Waals surface area contributed by atoms with Crippen LogP contribution >= 0.6 is 0 Å². The summed E-state index contributed by atoms with van der Waals surface area (Å²) in [6, 6.07) is 0. The van der Waals surface area contributed by atoms with E-state index < -0.39 is 18.8 Å². The lowest BCUT2D eigenvalue weighted by atomic mass is 9.92. The first-order valence-corrected chi connectivity index (χ1v) is 5.19. The second-order valence-electron chi connectivity index (χ2n) is 3.87. The number of piperidine rings is 1. The maximum absolute atomic E-state index is 11.6. The van der Waals surface area contributed by atoms with Crippen molar-refractivity contribution in [1.82, 2.24) is 4.90 Å². The lowest BCUT2D eigenvalue weighted by Crippen LogP contribution is -2.60. The molecule has 1 rings (SSSR count). The second kappa shape index (κ2) is 4.72. The van der Waals surface area contributed by atoms with Crippen molar-refractivity contribution in [2.75, 3.05) is 13.2 Å². The SMILES string of the molecule is CCC(CO)(CO)N1C(=O)CCCC1=O. The Kier molecular flexibility index (Phi) is 3.82. The predicted octanol–water partition coefficient (Wildman–Crippen LogP) is -0.341. The first kappa shape index (κ1) is 12.1. The summed E-state index contributed by atoms with van der Waals surface area (Å²) in [5, 5.41) is 18.5. The van der Waals surface area contributed by atoms with Crippen LogP contribution in [0.2, 0.25) is 0 Å². The molecule has 86 valence electrons. The molecule has 0 saturated carbocycles. The Labute approximate surface area is 88.7 Å². The molecule has 0 aromatic carbocycles. The summed E-state index contributed by atoms with van der Waals surface area (Å²) < 4.78 is 0. The van der Waals surface area contributed by atoms with Crippen molar-refractivity contribution in [3.8, 4) is 0 Å². The van der Waals surface area contributed by atoms with Crippen molar-refractivity contribution in [2.45, 2.75) is 38.1 Å². The number of likely N-dealkylation sites (tertiary alicyclic amines) is 1. The summed E-state index contributed by atoms with van der Waals surface area (Å²) in [7, 11) is 0. The van der Waals surface area contributed by atoms with Crippen LogP contribution in [0, 0.1) is 0 Å². The maximum atomic E-state index is 11.6. The highest BCUT2D eigenvalue weighted by Crippen LogP contribution is 2.25. The monoisotopic (exact) mass is 215 g/mol. The maximum Gasteiger partial charge on any atom is 0.229 e. The first-order chi connectivity index (χ1) is 7.11. The van der Waals surface area contributed by atoms with Crippen molar-refractivity contribution in [3.63, 3.8) is 0 Å². The van der Waals surface area contributed by atoms with E-state index in [1.165, 1.54) is 0 Å². The van der Waals surface area contributed by atoms with Crippen LogP contribution in [-0.2, 0) is 9.59 Å². The fourth-order valence-electron chi connectivity index (χ4n) is 1.86. The Hall–Kier alpha value is -0.940. The molecule has 0 radical (unpaired) electrons. The van der Waals surface area contributed by atoms with Gasteiger partial charge in [-0.2, -0.15) is 0 Å². The highest BCUT2D eigenvalue weighted by Gasteiger charge is 2.42. The second-order valence-corrected chi connectivity index (χ2v) is 3.87. The van der Waals surface area contributed by atoms with Gasteiger partial charge in [-0.05, 0) is 12.8 Å². The number of carbonyl (C=O) groups excluding carboxylic acids is 2. The average Bonchev–Trinajstić information content (AvgIpc) is 2.24. The molecule has 1 fully saturated rings. The lowest BCUT2D eigenvalue weighted by Gasteiger charge is -2.41. The molecular formula is C10H17NO4. The highest BCUT2D eigenvalue weighted by atomic mass is 16.3. The molecule has 0 spiro atoms. The number of nitrogens with zero attached hydrogens (tertiary/aromatic N) is 1. The molecule has 5 heteroatoms. The number of rotatable bonds is 4. The fraction of sp³-hybridized carbons (Fsp3) is 0.800. The van der Waals surface area contributed by atoms with Gasteiger partial charge in [0.25, 0.3) is 0 Å². The molecule has 1 heterocycles. The van der Waals surface area contributed by atoms with Crippen LogP contribution < -0.4 is 0 Å². The quantitative estimate of drug-likeness (QED) is 0.629. The van der Waals surface area contributed by atoms with Gasteiger partial charge in [0.05, 0.1) is 18.8 Å². The van der Waals surface area contributed by atoms with Gasteiger partial charge in [0, 0.05) is 12.8 Å². The summed E-state index contributed by atoms with van der Waals surface area (Å²) in [5.41, 5.74) is -1.12. The molecule has 1 aliphatic rings. The van der Waals surface area contributed by atoms with Gasteiger partial charge in [0.15, 0.2) is 0 Å². The zero-order valence-electron chi connectivity index (χ0n) is 8.90. The number of hydrogen-bond donors (Lipinski definition) is 2. The Morgan fingerprint density at radius 1 is 1.20 bits per heavy atom. The van der Waals surface area contributed by atoms with Crippen LogP contribution in [0.3, 0.4) is 0 Å². The first-order valence-electron chi connectivity index (χ1n) is 5.19. The zero-order chi connectivity index (χ0) is 11.5. The minimum Gasteiger partial charge on any atom is -0.394 e. The van der Waals surface area contributed by atoms with E-state index in [1.54, 1.807) is 6.92 Å². The molecule has 0 aliphatic carbocycles. The van der Waals surface area contributed by atoms with Gasteiger partial charge in [-0.15, -0.1) is 0 Å². The minimum atomic E-state index is -1.12. The Balaban J connectivity index is 2.98. The summed E-state index contributed by atoms with van der Waals surface area (Å²) in [6.45, 7) is 0.955. The average molecular weight is 215 g/mol. The largest absolute Gasteiger partial charge is 0.394 e. The van der Waals surface area contributed by atoms with Gasteiger partial charge in [-0.1, -0.05) is 6.92 Å².